The van der Waals surface area contributed by atoms with Gasteiger partial charge >= 0.3 is 0 Å². The number of benzene rings is 2. The summed E-state index contributed by atoms with van der Waals surface area (Å²) in [6, 6.07) is 14.3. The molecule has 0 bridgehead atoms. The molecule has 21 heavy (non-hydrogen) atoms. The van der Waals surface area contributed by atoms with Crippen LogP contribution in [0.15, 0.2) is 48.5 Å². The number of rotatable bonds is 3. The Hall–Kier alpha value is -2.20. The van der Waals surface area contributed by atoms with Crippen molar-refractivity contribution in [3.05, 3.63) is 54.1 Å². The lowest BCUT2D eigenvalue weighted by Crippen LogP contribution is -2.41. The van der Waals surface area contributed by atoms with E-state index in [1.54, 1.807) is 6.08 Å². The molecule has 0 saturated carbocycles. The molecule has 0 fully saturated rings. The molecule has 0 radical (unpaired) electrons. The Morgan fingerprint density at radius 2 is 1.86 bits per heavy atom. The van der Waals surface area contributed by atoms with Crippen LogP contribution in [0.25, 0.3) is 16.8 Å². The molecule has 0 saturated heterocycles. The van der Waals surface area contributed by atoms with E-state index in [-0.39, 0.29) is 11.9 Å². The van der Waals surface area contributed by atoms with Gasteiger partial charge in [-0.2, -0.15) is 0 Å². The first kappa shape index (κ1) is 15.2. The number of hydrogen-bond acceptors (Lipinski definition) is 2. The summed E-state index contributed by atoms with van der Waals surface area (Å²) in [5.41, 5.74) is 1.01. The average Bonchev–Trinajstić information content (AvgIpc) is 2.44. The molecule has 0 aromatic heterocycles. The van der Waals surface area contributed by atoms with Crippen molar-refractivity contribution in [2.75, 3.05) is 0 Å². The van der Waals surface area contributed by atoms with Crippen LogP contribution in [0.4, 0.5) is 0 Å². The highest BCUT2D eigenvalue weighted by atomic mass is 32.1. The van der Waals surface area contributed by atoms with Crippen LogP contribution in [0.3, 0.4) is 0 Å². The SMILES string of the molecule is CC(C)NC(=S)NC(=O)C=Cc1cccc2ccccc12. The zero-order valence-corrected chi connectivity index (χ0v) is 12.9. The Morgan fingerprint density at radius 1 is 1.14 bits per heavy atom. The largest absolute Gasteiger partial charge is 0.360 e. The average molecular weight is 298 g/mol. The Balaban J connectivity index is 2.09. The fourth-order valence-corrected chi connectivity index (χ4v) is 2.35. The van der Waals surface area contributed by atoms with Gasteiger partial charge in [0.25, 0.3) is 0 Å². The van der Waals surface area contributed by atoms with Crippen molar-refractivity contribution in [2.24, 2.45) is 0 Å². The maximum Gasteiger partial charge on any atom is 0.250 e. The summed E-state index contributed by atoms with van der Waals surface area (Å²) in [4.78, 5) is 11.8. The normalized spacial score (nSPS) is 11.0. The lowest BCUT2D eigenvalue weighted by molar-refractivity contribution is -0.115. The van der Waals surface area contributed by atoms with Gasteiger partial charge in [-0.05, 0) is 48.5 Å². The summed E-state index contributed by atoms with van der Waals surface area (Å²) >= 11 is 5.04. The third-order valence-corrected chi connectivity index (χ3v) is 3.11. The van der Waals surface area contributed by atoms with Crippen LogP contribution >= 0.6 is 12.2 Å². The fraction of sp³-hybridized carbons (Fsp3) is 0.176. The van der Waals surface area contributed by atoms with Gasteiger partial charge in [0.05, 0.1) is 0 Å². The monoisotopic (exact) mass is 298 g/mol. The molecule has 2 N–H and O–H groups in total. The minimum Gasteiger partial charge on any atom is -0.360 e. The number of fused-ring (bicyclic) bond motifs is 1. The summed E-state index contributed by atoms with van der Waals surface area (Å²) in [7, 11) is 0. The second-order valence-electron chi connectivity index (χ2n) is 5.02. The van der Waals surface area contributed by atoms with Gasteiger partial charge in [-0.25, -0.2) is 0 Å². The van der Waals surface area contributed by atoms with E-state index in [1.165, 1.54) is 6.08 Å². The number of hydrogen-bond donors (Lipinski definition) is 2. The number of carbonyl (C=O) groups excluding carboxylic acids is 1. The summed E-state index contributed by atoms with van der Waals surface area (Å²) in [6.45, 7) is 3.93. The molecule has 2 aromatic carbocycles. The van der Waals surface area contributed by atoms with Crippen molar-refractivity contribution in [1.29, 1.82) is 0 Å². The first-order valence-electron chi connectivity index (χ1n) is 6.83. The molecule has 0 aliphatic heterocycles. The molecule has 0 aliphatic rings. The van der Waals surface area contributed by atoms with Gasteiger partial charge in [0, 0.05) is 12.1 Å². The highest BCUT2D eigenvalue weighted by molar-refractivity contribution is 7.80. The van der Waals surface area contributed by atoms with Crippen molar-refractivity contribution >= 4 is 40.1 Å². The quantitative estimate of drug-likeness (QED) is 0.675. The van der Waals surface area contributed by atoms with Crippen molar-refractivity contribution in [1.82, 2.24) is 10.6 Å². The van der Waals surface area contributed by atoms with E-state index in [4.69, 9.17) is 12.2 Å². The third kappa shape index (κ3) is 4.39. The molecule has 4 heteroatoms. The second-order valence-corrected chi connectivity index (χ2v) is 5.43. The number of nitrogens with one attached hydrogen (secondary N) is 2. The molecular weight excluding hydrogens is 280 g/mol. The molecule has 0 unspecified atom stereocenters. The van der Waals surface area contributed by atoms with E-state index < -0.39 is 0 Å². The van der Waals surface area contributed by atoms with Gasteiger partial charge in [0.2, 0.25) is 5.91 Å². The van der Waals surface area contributed by atoms with E-state index >= 15 is 0 Å². The zero-order chi connectivity index (χ0) is 15.2. The highest BCUT2D eigenvalue weighted by Crippen LogP contribution is 2.19. The van der Waals surface area contributed by atoms with Crippen molar-refractivity contribution in [2.45, 2.75) is 19.9 Å². The topological polar surface area (TPSA) is 41.1 Å². The number of thiocarbonyl (C=S) groups is 1. The van der Waals surface area contributed by atoms with Crippen molar-refractivity contribution in [3.8, 4) is 0 Å². The molecule has 2 rings (SSSR count). The van der Waals surface area contributed by atoms with E-state index in [2.05, 4.69) is 22.8 Å². The van der Waals surface area contributed by atoms with Gasteiger partial charge in [-0.15, -0.1) is 0 Å². The molecule has 0 atom stereocenters. The molecule has 108 valence electrons. The summed E-state index contributed by atoms with van der Waals surface area (Å²) in [5.74, 6) is -0.235. The van der Waals surface area contributed by atoms with E-state index in [0.717, 1.165) is 16.3 Å². The maximum atomic E-state index is 11.8. The fourth-order valence-electron chi connectivity index (χ4n) is 2.01. The number of amides is 1. The Kier molecular flexibility index (Phi) is 5.06. The van der Waals surface area contributed by atoms with Crippen LogP contribution in [0.1, 0.15) is 19.4 Å². The lowest BCUT2D eigenvalue weighted by atomic mass is 10.0. The van der Waals surface area contributed by atoms with Crippen LogP contribution in [-0.4, -0.2) is 17.1 Å². The first-order valence-corrected chi connectivity index (χ1v) is 7.24. The van der Waals surface area contributed by atoms with Crippen molar-refractivity contribution < 1.29 is 4.79 Å². The molecular formula is C17H18N2OS. The second kappa shape index (κ2) is 6.99. The van der Waals surface area contributed by atoms with Gasteiger partial charge < -0.3 is 5.32 Å². The lowest BCUT2D eigenvalue weighted by Gasteiger charge is -2.10. The summed E-state index contributed by atoms with van der Waals surface area (Å²) in [5, 5.41) is 8.20. The van der Waals surface area contributed by atoms with Gasteiger partial charge in [-0.1, -0.05) is 42.5 Å². The zero-order valence-electron chi connectivity index (χ0n) is 12.1. The van der Waals surface area contributed by atoms with Crippen LogP contribution in [-0.2, 0) is 4.79 Å². The molecule has 3 nitrogen and oxygen atoms in total. The van der Waals surface area contributed by atoms with Crippen LogP contribution < -0.4 is 10.6 Å². The number of carbonyl (C=O) groups is 1. The minimum absolute atomic E-state index is 0.194. The molecule has 0 heterocycles. The van der Waals surface area contributed by atoms with E-state index in [1.807, 2.05) is 44.2 Å². The molecule has 1 amide bonds. The Morgan fingerprint density at radius 3 is 2.62 bits per heavy atom. The van der Waals surface area contributed by atoms with E-state index in [9.17, 15) is 4.79 Å². The third-order valence-electron chi connectivity index (χ3n) is 2.89. The Bertz CT molecular complexity index is 687. The Labute approximate surface area is 130 Å². The van der Waals surface area contributed by atoms with Crippen molar-refractivity contribution in [3.63, 3.8) is 0 Å². The van der Waals surface area contributed by atoms with Crippen LogP contribution in [0.2, 0.25) is 0 Å². The summed E-state index contributed by atoms with van der Waals surface area (Å²) < 4.78 is 0. The first-order chi connectivity index (χ1) is 10.1. The van der Waals surface area contributed by atoms with Gasteiger partial charge in [-0.3, -0.25) is 10.1 Å². The van der Waals surface area contributed by atoms with Gasteiger partial charge in [0.1, 0.15) is 0 Å². The van der Waals surface area contributed by atoms with Crippen LogP contribution in [0.5, 0.6) is 0 Å². The highest BCUT2D eigenvalue weighted by Gasteiger charge is 2.02. The molecule has 2 aromatic rings. The van der Waals surface area contributed by atoms with Gasteiger partial charge in [0.15, 0.2) is 5.11 Å². The minimum atomic E-state index is -0.235. The molecule has 0 spiro atoms. The summed E-state index contributed by atoms with van der Waals surface area (Å²) in [6.07, 6.45) is 3.30. The predicted molar refractivity (Wildman–Crippen MR) is 92.0 cm³/mol. The van der Waals surface area contributed by atoms with Crippen LogP contribution in [0, 0.1) is 0 Å². The molecule has 0 aliphatic carbocycles. The smallest absolute Gasteiger partial charge is 0.250 e. The predicted octanol–water partition coefficient (Wildman–Crippen LogP) is 3.25. The maximum absolute atomic E-state index is 11.8. The van der Waals surface area contributed by atoms with E-state index in [0.29, 0.717) is 5.11 Å². The standard InChI is InChI=1S/C17H18N2OS/c1-12(2)18-17(21)19-16(20)11-10-14-8-5-7-13-6-3-4-9-15(13)14/h3-12H,1-2H3,(H2,18,19,20,21).